The predicted molar refractivity (Wildman–Crippen MR) is 74.6 cm³/mol. The number of nitrogens with two attached hydrogens (primary N) is 1. The molecule has 19 heavy (non-hydrogen) atoms. The van der Waals surface area contributed by atoms with Crippen molar-refractivity contribution in [3.8, 4) is 0 Å². The summed E-state index contributed by atoms with van der Waals surface area (Å²) in [5, 5.41) is 2.71. The Hall–Kier alpha value is -1.47. The molecule has 0 saturated heterocycles. The zero-order valence-corrected chi connectivity index (χ0v) is 12.2. The molecule has 1 aromatic rings. The van der Waals surface area contributed by atoms with Crippen molar-refractivity contribution in [2.24, 2.45) is 0 Å². The molecule has 1 rings (SSSR count). The van der Waals surface area contributed by atoms with E-state index in [-0.39, 0.29) is 10.6 Å². The fraction of sp³-hybridized carbons (Fsp3) is 0.364. The highest BCUT2D eigenvalue weighted by atomic mass is 35.5. The Kier molecular flexibility index (Phi) is 5.02. The van der Waals surface area contributed by atoms with E-state index in [1.54, 1.807) is 6.92 Å². The van der Waals surface area contributed by atoms with Crippen LogP contribution in [0.15, 0.2) is 17.0 Å². The van der Waals surface area contributed by atoms with Crippen LogP contribution in [0.3, 0.4) is 0 Å². The van der Waals surface area contributed by atoms with Crippen LogP contribution in [-0.2, 0) is 10.0 Å². The molecule has 1 aromatic carbocycles. The molecule has 8 heteroatoms. The second kappa shape index (κ2) is 6.12. The van der Waals surface area contributed by atoms with Gasteiger partial charge in [0, 0.05) is 6.54 Å². The Morgan fingerprint density at radius 2 is 2.05 bits per heavy atom. The van der Waals surface area contributed by atoms with E-state index in [9.17, 15) is 13.2 Å². The lowest BCUT2D eigenvalue weighted by Crippen LogP contribution is -2.39. The number of sulfonamides is 1. The summed E-state index contributed by atoms with van der Waals surface area (Å²) in [6, 6.07) is 1.80. The lowest BCUT2D eigenvalue weighted by molar-refractivity contribution is 0.246. The van der Waals surface area contributed by atoms with Gasteiger partial charge >= 0.3 is 6.03 Å². The van der Waals surface area contributed by atoms with Crippen molar-refractivity contribution in [1.29, 1.82) is 0 Å². The summed E-state index contributed by atoms with van der Waals surface area (Å²) in [6.45, 7) is 3.88. The third-order valence-electron chi connectivity index (χ3n) is 2.33. The lowest BCUT2D eigenvalue weighted by Gasteiger charge is -2.10. The number of carbonyl (C=O) groups is 1. The third kappa shape index (κ3) is 4.00. The number of hydrogen-bond donors (Lipinski definition) is 3. The molecule has 0 aliphatic carbocycles. The van der Waals surface area contributed by atoms with Crippen LogP contribution in [0.5, 0.6) is 0 Å². The minimum absolute atomic E-state index is 0.0986. The van der Waals surface area contributed by atoms with Gasteiger partial charge in [-0.25, -0.2) is 17.9 Å². The zero-order chi connectivity index (χ0) is 14.6. The van der Waals surface area contributed by atoms with Crippen molar-refractivity contribution in [2.45, 2.75) is 25.2 Å². The molecule has 0 heterocycles. The van der Waals surface area contributed by atoms with Gasteiger partial charge < -0.3 is 11.1 Å². The van der Waals surface area contributed by atoms with Crippen molar-refractivity contribution in [3.63, 3.8) is 0 Å². The van der Waals surface area contributed by atoms with Gasteiger partial charge in [-0.05, 0) is 31.0 Å². The number of nitrogens with one attached hydrogen (secondary N) is 2. The first-order valence-corrected chi connectivity index (χ1v) is 7.50. The summed E-state index contributed by atoms with van der Waals surface area (Å²) in [5.74, 6) is 0. The SMILES string of the molecule is CCCNC(=O)NS(=O)(=O)c1cc(C)c(Cl)c(N)c1. The summed E-state index contributed by atoms with van der Waals surface area (Å²) < 4.78 is 25.8. The lowest BCUT2D eigenvalue weighted by atomic mass is 10.2. The van der Waals surface area contributed by atoms with Gasteiger partial charge in [-0.2, -0.15) is 0 Å². The number of halogens is 1. The van der Waals surface area contributed by atoms with Gasteiger partial charge in [0.1, 0.15) is 0 Å². The van der Waals surface area contributed by atoms with E-state index in [0.717, 1.165) is 0 Å². The highest BCUT2D eigenvalue weighted by Gasteiger charge is 2.19. The van der Waals surface area contributed by atoms with E-state index in [1.165, 1.54) is 12.1 Å². The van der Waals surface area contributed by atoms with Crippen molar-refractivity contribution >= 4 is 33.3 Å². The summed E-state index contributed by atoms with van der Waals surface area (Å²) in [7, 11) is -3.95. The average molecular weight is 306 g/mol. The van der Waals surface area contributed by atoms with Gasteiger partial charge in [-0.15, -0.1) is 0 Å². The van der Waals surface area contributed by atoms with E-state index in [1.807, 2.05) is 11.6 Å². The first-order chi connectivity index (χ1) is 8.77. The first-order valence-electron chi connectivity index (χ1n) is 5.64. The molecule has 0 atom stereocenters. The Labute approximate surface area is 117 Å². The summed E-state index contributed by atoms with van der Waals surface area (Å²) >= 11 is 5.85. The summed E-state index contributed by atoms with van der Waals surface area (Å²) in [4.78, 5) is 11.3. The Morgan fingerprint density at radius 3 is 2.58 bits per heavy atom. The van der Waals surface area contributed by atoms with Gasteiger partial charge in [0.25, 0.3) is 10.0 Å². The molecular formula is C11H16ClN3O3S. The summed E-state index contributed by atoms with van der Waals surface area (Å²) in [5.41, 5.74) is 6.28. The fourth-order valence-corrected chi connectivity index (χ4v) is 2.53. The number of aryl methyl sites for hydroxylation is 1. The predicted octanol–water partition coefficient (Wildman–Crippen LogP) is 1.63. The van der Waals surface area contributed by atoms with E-state index < -0.39 is 16.1 Å². The normalized spacial score (nSPS) is 11.1. The Balaban J connectivity index is 2.98. The minimum atomic E-state index is -3.95. The van der Waals surface area contributed by atoms with Crippen molar-refractivity contribution in [2.75, 3.05) is 12.3 Å². The number of nitrogen functional groups attached to an aromatic ring is 1. The number of benzene rings is 1. The quantitative estimate of drug-likeness (QED) is 0.736. The van der Waals surface area contributed by atoms with Gasteiger partial charge in [-0.3, -0.25) is 0 Å². The van der Waals surface area contributed by atoms with Crippen molar-refractivity contribution in [1.82, 2.24) is 10.0 Å². The van der Waals surface area contributed by atoms with E-state index in [0.29, 0.717) is 23.6 Å². The highest BCUT2D eigenvalue weighted by Crippen LogP contribution is 2.26. The standard InChI is InChI=1S/C11H16ClN3O3S/c1-3-4-14-11(16)15-19(17,18)8-5-7(2)10(12)9(13)6-8/h5-6H,3-4,13H2,1-2H3,(H2,14,15,16). The first kappa shape index (κ1) is 15.6. The van der Waals surface area contributed by atoms with Crippen LogP contribution >= 0.6 is 11.6 Å². The van der Waals surface area contributed by atoms with E-state index >= 15 is 0 Å². The monoisotopic (exact) mass is 305 g/mol. The van der Waals surface area contributed by atoms with Crippen molar-refractivity contribution in [3.05, 3.63) is 22.7 Å². The second-order valence-corrected chi connectivity index (χ2v) is 6.07. The van der Waals surface area contributed by atoms with Crippen LogP contribution in [0, 0.1) is 6.92 Å². The van der Waals surface area contributed by atoms with E-state index in [2.05, 4.69) is 5.32 Å². The fourth-order valence-electron chi connectivity index (χ4n) is 1.37. The maximum atomic E-state index is 12.0. The number of rotatable bonds is 4. The minimum Gasteiger partial charge on any atom is -0.397 e. The van der Waals surface area contributed by atoms with Crippen LogP contribution in [0.2, 0.25) is 5.02 Å². The molecule has 0 bridgehead atoms. The van der Waals surface area contributed by atoms with Gasteiger partial charge in [-0.1, -0.05) is 18.5 Å². The largest absolute Gasteiger partial charge is 0.397 e. The number of urea groups is 1. The molecule has 2 amide bonds. The van der Waals surface area contributed by atoms with Crippen LogP contribution in [0.4, 0.5) is 10.5 Å². The maximum Gasteiger partial charge on any atom is 0.328 e. The molecule has 0 unspecified atom stereocenters. The average Bonchev–Trinajstić information content (AvgIpc) is 2.32. The molecule has 0 saturated carbocycles. The van der Waals surface area contributed by atoms with Crippen LogP contribution in [-0.4, -0.2) is 21.0 Å². The Bertz CT molecular complexity index is 564. The highest BCUT2D eigenvalue weighted by molar-refractivity contribution is 7.90. The molecule has 0 aliphatic heterocycles. The van der Waals surface area contributed by atoms with Crippen LogP contribution < -0.4 is 15.8 Å². The van der Waals surface area contributed by atoms with Gasteiger partial charge in [0.05, 0.1) is 15.6 Å². The number of carbonyl (C=O) groups excluding carboxylic acids is 1. The molecule has 0 radical (unpaired) electrons. The molecule has 106 valence electrons. The van der Waals surface area contributed by atoms with Gasteiger partial charge in [0.15, 0.2) is 0 Å². The molecule has 0 spiro atoms. The smallest absolute Gasteiger partial charge is 0.328 e. The summed E-state index contributed by atoms with van der Waals surface area (Å²) in [6.07, 6.45) is 0.709. The molecule has 6 nitrogen and oxygen atoms in total. The second-order valence-electron chi connectivity index (χ2n) is 4.00. The van der Waals surface area contributed by atoms with Crippen molar-refractivity contribution < 1.29 is 13.2 Å². The van der Waals surface area contributed by atoms with E-state index in [4.69, 9.17) is 17.3 Å². The number of amides is 2. The van der Waals surface area contributed by atoms with Gasteiger partial charge in [0.2, 0.25) is 0 Å². The molecule has 0 aromatic heterocycles. The Morgan fingerprint density at radius 1 is 1.42 bits per heavy atom. The molecular weight excluding hydrogens is 290 g/mol. The zero-order valence-electron chi connectivity index (χ0n) is 10.7. The number of anilines is 1. The number of hydrogen-bond acceptors (Lipinski definition) is 4. The molecule has 0 aliphatic rings. The van der Waals surface area contributed by atoms with Crippen LogP contribution in [0.25, 0.3) is 0 Å². The molecule has 4 N–H and O–H groups in total. The topological polar surface area (TPSA) is 101 Å². The maximum absolute atomic E-state index is 12.0. The third-order valence-corrected chi connectivity index (χ3v) is 4.16. The van der Waals surface area contributed by atoms with Crippen LogP contribution in [0.1, 0.15) is 18.9 Å². The molecule has 0 fully saturated rings.